The number of hydrogen-bond acceptors (Lipinski definition) is 5. The molecule has 0 amide bonds. The minimum atomic E-state index is -0.0874. The van der Waals surface area contributed by atoms with Crippen LogP contribution in [0.5, 0.6) is 17.2 Å². The van der Waals surface area contributed by atoms with Crippen molar-refractivity contribution in [2.24, 2.45) is 0 Å². The van der Waals surface area contributed by atoms with E-state index >= 15 is 0 Å². The molecule has 5 nitrogen and oxygen atoms in total. The molecule has 0 radical (unpaired) electrons. The van der Waals surface area contributed by atoms with E-state index < -0.39 is 0 Å². The molecule has 168 valence electrons. The van der Waals surface area contributed by atoms with Crippen molar-refractivity contribution in [3.05, 3.63) is 53.1 Å². The van der Waals surface area contributed by atoms with E-state index in [2.05, 4.69) is 43.1 Å². The number of phenols is 1. The maximum atomic E-state index is 10.1. The Kier molecular flexibility index (Phi) is 10.2. The average Bonchev–Trinajstić information content (AvgIpc) is 2.70. The van der Waals surface area contributed by atoms with E-state index in [-0.39, 0.29) is 43.0 Å². The Labute approximate surface area is 192 Å². The van der Waals surface area contributed by atoms with E-state index in [9.17, 15) is 5.11 Å². The van der Waals surface area contributed by atoms with Gasteiger partial charge in [-0.1, -0.05) is 26.0 Å². The Balaban J connectivity index is 0.00000225. The summed E-state index contributed by atoms with van der Waals surface area (Å²) >= 11 is 0. The number of piperazine rings is 1. The zero-order chi connectivity index (χ0) is 20.3. The number of halogens is 2. The van der Waals surface area contributed by atoms with Crippen LogP contribution in [0.1, 0.15) is 49.4 Å². The van der Waals surface area contributed by atoms with Gasteiger partial charge in [0.05, 0.1) is 13.2 Å². The van der Waals surface area contributed by atoms with Gasteiger partial charge in [0, 0.05) is 25.2 Å². The zero-order valence-corrected chi connectivity index (χ0v) is 20.0. The molecule has 0 bridgehead atoms. The number of phenolic OH excluding ortho intramolecular Hbond substituents is 1. The van der Waals surface area contributed by atoms with Crippen molar-refractivity contribution in [1.82, 2.24) is 10.2 Å². The molecule has 0 spiro atoms. The Morgan fingerprint density at radius 2 is 1.77 bits per heavy atom. The predicted octanol–water partition coefficient (Wildman–Crippen LogP) is 5.05. The molecule has 2 N–H and O–H groups in total. The summed E-state index contributed by atoms with van der Waals surface area (Å²) in [5, 5.41) is 13.6. The van der Waals surface area contributed by atoms with E-state index in [1.165, 1.54) is 5.56 Å². The van der Waals surface area contributed by atoms with Crippen LogP contribution < -0.4 is 14.8 Å². The van der Waals surface area contributed by atoms with Gasteiger partial charge in [0.2, 0.25) is 0 Å². The van der Waals surface area contributed by atoms with E-state index in [0.717, 1.165) is 42.3 Å². The number of nitrogens with zero attached hydrogens (tertiary/aromatic N) is 1. The van der Waals surface area contributed by atoms with Gasteiger partial charge in [-0.25, -0.2) is 0 Å². The van der Waals surface area contributed by atoms with Crippen molar-refractivity contribution in [1.29, 1.82) is 0 Å². The lowest BCUT2D eigenvalue weighted by Crippen LogP contribution is -2.51. The van der Waals surface area contributed by atoms with Gasteiger partial charge >= 0.3 is 0 Å². The third kappa shape index (κ3) is 5.94. The van der Waals surface area contributed by atoms with Gasteiger partial charge in [0.1, 0.15) is 23.5 Å². The molecule has 1 saturated heterocycles. The van der Waals surface area contributed by atoms with Crippen LogP contribution >= 0.6 is 24.8 Å². The third-order valence-electron chi connectivity index (χ3n) is 5.50. The standard InChI is InChI=1S/C23H32N2O3.2ClH/c1-15(2)20-13-22(26)16(3)12-23(20)28-17(4)25-11-10-24-14-21(25)18-6-8-19(27-5)9-7-18;;/h6-9,12-13,15,17,21,24,26H,10-11,14H2,1-5H3;2*1H. The summed E-state index contributed by atoms with van der Waals surface area (Å²) in [6.45, 7) is 11.0. The molecular formula is C23H34Cl2N2O3. The molecule has 0 aromatic heterocycles. The highest BCUT2D eigenvalue weighted by molar-refractivity contribution is 5.85. The highest BCUT2D eigenvalue weighted by Crippen LogP contribution is 2.35. The average molecular weight is 457 g/mol. The van der Waals surface area contributed by atoms with Crippen LogP contribution in [0.2, 0.25) is 0 Å². The first-order valence-corrected chi connectivity index (χ1v) is 10.0. The lowest BCUT2D eigenvalue weighted by atomic mass is 9.99. The quantitative estimate of drug-likeness (QED) is 0.636. The minimum Gasteiger partial charge on any atom is -0.508 e. The Hall–Kier alpha value is -1.66. The summed E-state index contributed by atoms with van der Waals surface area (Å²) in [5.74, 6) is 2.31. The van der Waals surface area contributed by atoms with E-state index in [0.29, 0.717) is 5.75 Å². The number of hydrogen-bond donors (Lipinski definition) is 2. The molecule has 2 unspecified atom stereocenters. The van der Waals surface area contributed by atoms with Crippen molar-refractivity contribution < 1.29 is 14.6 Å². The highest BCUT2D eigenvalue weighted by atomic mass is 35.5. The van der Waals surface area contributed by atoms with Crippen LogP contribution in [0.25, 0.3) is 0 Å². The number of rotatable bonds is 6. The molecule has 2 aromatic rings. The molecular weight excluding hydrogens is 423 g/mol. The number of aromatic hydroxyl groups is 1. The van der Waals surface area contributed by atoms with E-state index in [1.807, 2.05) is 31.2 Å². The summed E-state index contributed by atoms with van der Waals surface area (Å²) in [6.07, 6.45) is -0.0874. The highest BCUT2D eigenvalue weighted by Gasteiger charge is 2.29. The normalized spacial score (nSPS) is 17.6. The van der Waals surface area contributed by atoms with Crippen molar-refractivity contribution in [3.63, 3.8) is 0 Å². The number of nitrogens with one attached hydrogen (secondary N) is 1. The van der Waals surface area contributed by atoms with Crippen molar-refractivity contribution >= 4 is 24.8 Å². The van der Waals surface area contributed by atoms with Gasteiger partial charge in [0.15, 0.2) is 0 Å². The van der Waals surface area contributed by atoms with Gasteiger partial charge in [-0.05, 0) is 55.2 Å². The zero-order valence-electron chi connectivity index (χ0n) is 18.3. The second-order valence-corrected chi connectivity index (χ2v) is 7.78. The van der Waals surface area contributed by atoms with Gasteiger partial charge in [-0.3, -0.25) is 4.90 Å². The number of methoxy groups -OCH3 is 1. The van der Waals surface area contributed by atoms with Crippen LogP contribution in [0.4, 0.5) is 0 Å². The summed E-state index contributed by atoms with van der Waals surface area (Å²) < 4.78 is 11.7. The van der Waals surface area contributed by atoms with Gasteiger partial charge < -0.3 is 19.9 Å². The number of aryl methyl sites for hydroxylation is 1. The molecule has 1 fully saturated rings. The largest absolute Gasteiger partial charge is 0.508 e. The smallest absolute Gasteiger partial charge is 0.150 e. The molecule has 3 rings (SSSR count). The maximum Gasteiger partial charge on any atom is 0.150 e. The summed E-state index contributed by atoms with van der Waals surface area (Å²) in [5.41, 5.74) is 3.11. The second-order valence-electron chi connectivity index (χ2n) is 7.78. The summed E-state index contributed by atoms with van der Waals surface area (Å²) in [6, 6.07) is 12.3. The molecule has 1 heterocycles. The van der Waals surface area contributed by atoms with Crippen molar-refractivity contribution in [2.75, 3.05) is 26.7 Å². The number of ether oxygens (including phenoxy) is 2. The Morgan fingerprint density at radius 1 is 1.10 bits per heavy atom. The van der Waals surface area contributed by atoms with Crippen LogP contribution in [0.15, 0.2) is 36.4 Å². The van der Waals surface area contributed by atoms with E-state index in [4.69, 9.17) is 9.47 Å². The topological polar surface area (TPSA) is 54.0 Å². The van der Waals surface area contributed by atoms with Crippen LogP contribution in [-0.4, -0.2) is 43.0 Å². The van der Waals surface area contributed by atoms with Crippen LogP contribution in [-0.2, 0) is 0 Å². The predicted molar refractivity (Wildman–Crippen MR) is 127 cm³/mol. The fourth-order valence-electron chi connectivity index (χ4n) is 3.78. The van der Waals surface area contributed by atoms with E-state index in [1.54, 1.807) is 7.11 Å². The van der Waals surface area contributed by atoms with Gasteiger partial charge in [0.25, 0.3) is 0 Å². The maximum absolute atomic E-state index is 10.1. The lowest BCUT2D eigenvalue weighted by molar-refractivity contribution is -0.00643. The molecule has 2 aromatic carbocycles. The van der Waals surface area contributed by atoms with Gasteiger partial charge in [-0.15, -0.1) is 24.8 Å². The SMILES string of the molecule is COc1ccc(C2CNCCN2C(C)Oc2cc(C)c(O)cc2C(C)C)cc1.Cl.Cl. The molecule has 1 aliphatic heterocycles. The van der Waals surface area contributed by atoms with Crippen LogP contribution in [0, 0.1) is 6.92 Å². The monoisotopic (exact) mass is 456 g/mol. The third-order valence-corrected chi connectivity index (χ3v) is 5.50. The Morgan fingerprint density at radius 3 is 2.37 bits per heavy atom. The van der Waals surface area contributed by atoms with Crippen molar-refractivity contribution in [3.8, 4) is 17.2 Å². The second kappa shape index (κ2) is 11.7. The summed E-state index contributed by atoms with van der Waals surface area (Å²) in [7, 11) is 1.69. The molecule has 0 saturated carbocycles. The van der Waals surface area contributed by atoms with Crippen molar-refractivity contribution in [2.45, 2.75) is 45.9 Å². The molecule has 7 heteroatoms. The fourth-order valence-corrected chi connectivity index (χ4v) is 3.78. The molecule has 2 atom stereocenters. The minimum absolute atomic E-state index is 0. The van der Waals surface area contributed by atoms with Crippen LogP contribution in [0.3, 0.4) is 0 Å². The first-order valence-electron chi connectivity index (χ1n) is 10.0. The Bertz CT molecular complexity index is 800. The molecule has 30 heavy (non-hydrogen) atoms. The number of benzene rings is 2. The first-order chi connectivity index (χ1) is 13.4. The fraction of sp³-hybridized carbons (Fsp3) is 0.478. The van der Waals surface area contributed by atoms with Gasteiger partial charge in [-0.2, -0.15) is 0 Å². The lowest BCUT2D eigenvalue weighted by Gasteiger charge is -2.40. The summed E-state index contributed by atoms with van der Waals surface area (Å²) in [4.78, 5) is 2.39. The first kappa shape index (κ1) is 26.4. The molecule has 1 aliphatic rings. The molecule has 0 aliphatic carbocycles.